The highest BCUT2D eigenvalue weighted by molar-refractivity contribution is 5.81. The Balaban J connectivity index is 1.68. The van der Waals surface area contributed by atoms with Gasteiger partial charge in [0.15, 0.2) is 0 Å². The third-order valence-electron chi connectivity index (χ3n) is 6.34. The average molecular weight is 472 g/mol. The summed E-state index contributed by atoms with van der Waals surface area (Å²) in [6.07, 6.45) is 2.34. The Morgan fingerprint density at radius 2 is 1.63 bits per heavy atom. The van der Waals surface area contributed by atoms with Crippen LogP contribution in [0, 0.1) is 16.6 Å². The van der Waals surface area contributed by atoms with E-state index in [1.807, 2.05) is 16.9 Å². The zero-order chi connectivity index (χ0) is 25.2. The van der Waals surface area contributed by atoms with E-state index < -0.39 is 0 Å². The van der Waals surface area contributed by atoms with E-state index in [1.54, 1.807) is 12.1 Å². The van der Waals surface area contributed by atoms with Gasteiger partial charge in [0.25, 0.3) is 0 Å². The number of hydrogen-bond donors (Lipinski definition) is 1. The van der Waals surface area contributed by atoms with Gasteiger partial charge < -0.3 is 5.32 Å². The van der Waals surface area contributed by atoms with E-state index in [0.717, 1.165) is 22.2 Å². The molecule has 35 heavy (non-hydrogen) atoms. The molecule has 1 heterocycles. The predicted molar refractivity (Wildman–Crippen MR) is 140 cm³/mol. The van der Waals surface area contributed by atoms with Crippen molar-refractivity contribution in [2.75, 3.05) is 6.54 Å². The lowest BCUT2D eigenvalue weighted by Crippen LogP contribution is -2.39. The SMILES string of the molecule is CC(C)(C)CC(=O)NCC(C)(C)[C@@H](c1ccccc1)c1ccc2c(cnn2-c2ccc(F)cc2)c1. The standard InChI is InChI=1S/C30H34FN3O/c1-29(2,3)18-27(35)32-20-30(4,5)28(21-9-7-6-8-10-21)22-11-16-26-23(17-22)19-33-34(26)25-14-12-24(31)13-15-25/h6-17,19,28H,18,20H2,1-5H3,(H,32,35)/t28-/m0/s1. The van der Waals surface area contributed by atoms with E-state index in [4.69, 9.17) is 0 Å². The van der Waals surface area contributed by atoms with Gasteiger partial charge in [-0.1, -0.05) is 71.0 Å². The smallest absolute Gasteiger partial charge is 0.220 e. The molecule has 0 unspecified atom stereocenters. The van der Waals surface area contributed by atoms with Crippen LogP contribution in [-0.2, 0) is 4.79 Å². The minimum absolute atomic E-state index is 0.0528. The number of nitrogens with one attached hydrogen (secondary N) is 1. The van der Waals surface area contributed by atoms with Crippen molar-refractivity contribution in [1.82, 2.24) is 15.1 Å². The van der Waals surface area contributed by atoms with Crippen LogP contribution in [0.5, 0.6) is 0 Å². The van der Waals surface area contributed by atoms with Crippen LogP contribution in [0.1, 0.15) is 58.1 Å². The molecule has 0 bridgehead atoms. The van der Waals surface area contributed by atoms with E-state index in [1.165, 1.54) is 17.7 Å². The van der Waals surface area contributed by atoms with Gasteiger partial charge in [0.05, 0.1) is 17.4 Å². The first-order valence-corrected chi connectivity index (χ1v) is 12.1. The lowest BCUT2D eigenvalue weighted by Gasteiger charge is -2.36. The Bertz CT molecular complexity index is 1300. The monoisotopic (exact) mass is 471 g/mol. The number of hydrogen-bond acceptors (Lipinski definition) is 2. The van der Waals surface area contributed by atoms with Crippen molar-refractivity contribution in [2.24, 2.45) is 10.8 Å². The maximum absolute atomic E-state index is 13.4. The van der Waals surface area contributed by atoms with Crippen molar-refractivity contribution in [3.05, 3.63) is 95.9 Å². The summed E-state index contributed by atoms with van der Waals surface area (Å²) < 4.78 is 15.2. The normalized spacial score (nSPS) is 13.1. The third-order valence-corrected chi connectivity index (χ3v) is 6.34. The minimum Gasteiger partial charge on any atom is -0.356 e. The van der Waals surface area contributed by atoms with E-state index >= 15 is 0 Å². The minimum atomic E-state index is -0.268. The van der Waals surface area contributed by atoms with Crippen LogP contribution in [0.3, 0.4) is 0 Å². The van der Waals surface area contributed by atoms with Gasteiger partial charge in [-0.2, -0.15) is 5.10 Å². The van der Waals surface area contributed by atoms with Gasteiger partial charge in [-0.3, -0.25) is 4.79 Å². The predicted octanol–water partition coefficient (Wildman–Crippen LogP) is 6.88. The van der Waals surface area contributed by atoms with Crippen molar-refractivity contribution in [3.63, 3.8) is 0 Å². The van der Waals surface area contributed by atoms with Gasteiger partial charge in [0.2, 0.25) is 5.91 Å². The topological polar surface area (TPSA) is 46.9 Å². The van der Waals surface area contributed by atoms with Crippen molar-refractivity contribution < 1.29 is 9.18 Å². The Labute approximate surface area is 207 Å². The number of aromatic nitrogens is 2. The number of rotatable bonds is 7. The molecule has 4 rings (SSSR count). The first kappa shape index (κ1) is 24.6. The first-order valence-electron chi connectivity index (χ1n) is 12.1. The maximum atomic E-state index is 13.4. The van der Waals surface area contributed by atoms with Crippen LogP contribution in [0.25, 0.3) is 16.6 Å². The molecule has 0 fully saturated rings. The molecule has 0 radical (unpaired) electrons. The van der Waals surface area contributed by atoms with Crippen LogP contribution in [0.4, 0.5) is 4.39 Å². The number of halogens is 1. The summed E-state index contributed by atoms with van der Waals surface area (Å²) in [6, 6.07) is 23.2. The fourth-order valence-corrected chi connectivity index (χ4v) is 4.73. The van der Waals surface area contributed by atoms with Crippen molar-refractivity contribution in [1.29, 1.82) is 0 Å². The van der Waals surface area contributed by atoms with Crippen LogP contribution >= 0.6 is 0 Å². The fraction of sp³-hybridized carbons (Fsp3) is 0.333. The van der Waals surface area contributed by atoms with Gasteiger partial charge in [-0.25, -0.2) is 9.07 Å². The molecule has 1 aromatic heterocycles. The molecule has 5 heteroatoms. The molecule has 3 aromatic carbocycles. The zero-order valence-corrected chi connectivity index (χ0v) is 21.2. The summed E-state index contributed by atoms with van der Waals surface area (Å²) in [4.78, 5) is 12.6. The second-order valence-electron chi connectivity index (χ2n) is 11.2. The Morgan fingerprint density at radius 1 is 0.943 bits per heavy atom. The molecule has 0 saturated carbocycles. The Kier molecular flexibility index (Phi) is 6.79. The number of nitrogens with zero attached hydrogens (tertiary/aromatic N) is 2. The largest absolute Gasteiger partial charge is 0.356 e. The van der Waals surface area contributed by atoms with E-state index in [-0.39, 0.29) is 28.5 Å². The second-order valence-corrected chi connectivity index (χ2v) is 11.2. The zero-order valence-electron chi connectivity index (χ0n) is 21.2. The van der Waals surface area contributed by atoms with Crippen LogP contribution in [-0.4, -0.2) is 22.2 Å². The van der Waals surface area contributed by atoms with E-state index in [9.17, 15) is 9.18 Å². The van der Waals surface area contributed by atoms with Gasteiger partial charge in [-0.05, 0) is 58.4 Å². The molecule has 0 spiro atoms. The average Bonchev–Trinajstić information content (AvgIpc) is 3.21. The summed E-state index contributed by atoms with van der Waals surface area (Å²) in [5.74, 6) is -0.124. The molecular formula is C30H34FN3O. The van der Waals surface area contributed by atoms with Crippen LogP contribution in [0.2, 0.25) is 0 Å². The Hall–Kier alpha value is -3.47. The van der Waals surface area contributed by atoms with Gasteiger partial charge in [0.1, 0.15) is 5.82 Å². The number of benzene rings is 3. The second kappa shape index (κ2) is 9.65. The lowest BCUT2D eigenvalue weighted by molar-refractivity contribution is -0.123. The molecule has 0 aliphatic heterocycles. The van der Waals surface area contributed by atoms with Crippen molar-refractivity contribution in [3.8, 4) is 5.69 Å². The molecule has 0 saturated heterocycles. The molecule has 1 N–H and O–H groups in total. The molecule has 1 amide bonds. The number of carbonyl (C=O) groups is 1. The lowest BCUT2D eigenvalue weighted by atomic mass is 9.71. The third kappa shape index (κ3) is 5.79. The molecule has 0 aliphatic rings. The first-order chi connectivity index (χ1) is 16.5. The number of carbonyl (C=O) groups excluding carboxylic acids is 1. The van der Waals surface area contributed by atoms with Crippen molar-refractivity contribution >= 4 is 16.8 Å². The summed E-state index contributed by atoms with van der Waals surface area (Å²) in [5.41, 5.74) is 3.85. The quantitative estimate of drug-likeness (QED) is 0.319. The van der Waals surface area contributed by atoms with Gasteiger partial charge >= 0.3 is 0 Å². The fourth-order valence-electron chi connectivity index (χ4n) is 4.73. The molecule has 4 aromatic rings. The van der Waals surface area contributed by atoms with Gasteiger partial charge in [0, 0.05) is 24.3 Å². The van der Waals surface area contributed by atoms with Crippen LogP contribution in [0.15, 0.2) is 79.0 Å². The molecule has 1 atom stereocenters. The number of fused-ring (bicyclic) bond motifs is 1. The maximum Gasteiger partial charge on any atom is 0.220 e. The highest BCUT2D eigenvalue weighted by Gasteiger charge is 2.33. The molecule has 4 nitrogen and oxygen atoms in total. The Morgan fingerprint density at radius 3 is 2.29 bits per heavy atom. The van der Waals surface area contributed by atoms with Crippen molar-refractivity contribution in [2.45, 2.75) is 47.0 Å². The molecular weight excluding hydrogens is 437 g/mol. The molecule has 182 valence electrons. The number of amides is 1. The highest BCUT2D eigenvalue weighted by atomic mass is 19.1. The molecule has 0 aliphatic carbocycles. The highest BCUT2D eigenvalue weighted by Crippen LogP contribution is 2.41. The van der Waals surface area contributed by atoms with E-state index in [2.05, 4.69) is 87.5 Å². The summed E-state index contributed by atoms with van der Waals surface area (Å²) in [6.45, 7) is 11.2. The van der Waals surface area contributed by atoms with Gasteiger partial charge in [-0.15, -0.1) is 0 Å². The van der Waals surface area contributed by atoms with Crippen LogP contribution < -0.4 is 5.32 Å². The summed E-state index contributed by atoms with van der Waals surface area (Å²) >= 11 is 0. The van der Waals surface area contributed by atoms with E-state index in [0.29, 0.717) is 13.0 Å². The summed E-state index contributed by atoms with van der Waals surface area (Å²) in [7, 11) is 0. The summed E-state index contributed by atoms with van der Waals surface area (Å²) in [5, 5.41) is 8.76.